The van der Waals surface area contributed by atoms with Gasteiger partial charge in [-0.15, -0.1) is 0 Å². The van der Waals surface area contributed by atoms with Crippen molar-refractivity contribution in [2.45, 2.75) is 84.1 Å². The van der Waals surface area contributed by atoms with Crippen LogP contribution in [0, 0.1) is 0 Å². The summed E-state index contributed by atoms with van der Waals surface area (Å²) in [6, 6.07) is 0. The molecule has 0 aromatic carbocycles. The van der Waals surface area contributed by atoms with E-state index in [0.717, 1.165) is 0 Å². The molecular formula is C20H19F26N2O8PS2. The molecule has 0 saturated carbocycles. The lowest BCUT2D eigenvalue weighted by Gasteiger charge is -2.40. The maximum absolute atomic E-state index is 14.3. The Kier molecular flexibility index (Phi) is 15.8. The van der Waals surface area contributed by atoms with Gasteiger partial charge in [0.15, 0.2) is 0 Å². The van der Waals surface area contributed by atoms with Crippen molar-refractivity contribution in [3.8, 4) is 0 Å². The van der Waals surface area contributed by atoms with Gasteiger partial charge in [0.05, 0.1) is 13.2 Å². The van der Waals surface area contributed by atoms with Crippen molar-refractivity contribution in [1.82, 2.24) is 8.61 Å². The summed E-state index contributed by atoms with van der Waals surface area (Å²) in [7, 11) is -21.7. The highest BCUT2D eigenvalue weighted by Crippen LogP contribution is 2.63. The van der Waals surface area contributed by atoms with Gasteiger partial charge in [0.2, 0.25) is 0 Å². The lowest BCUT2D eigenvalue weighted by Crippen LogP contribution is -2.71. The van der Waals surface area contributed by atoms with Gasteiger partial charge in [-0.2, -0.15) is 123 Å². The first-order chi connectivity index (χ1) is 25.3. The predicted molar refractivity (Wildman–Crippen MR) is 136 cm³/mol. The fourth-order valence-corrected chi connectivity index (χ4v) is 7.17. The highest BCUT2D eigenvalue weighted by Gasteiger charge is 2.94. The lowest BCUT2D eigenvalue weighted by atomic mass is 9.98. The second-order valence-electron chi connectivity index (χ2n) is 10.8. The summed E-state index contributed by atoms with van der Waals surface area (Å²) in [5.41, 5.74) is 0. The molecule has 39 heteroatoms. The molecule has 0 unspecified atom stereocenters. The van der Waals surface area contributed by atoms with Gasteiger partial charge in [-0.05, 0) is 0 Å². The number of phosphoric acid groups is 1. The molecule has 0 atom stereocenters. The topological polar surface area (TPSA) is 131 Å². The average molecular weight is 1000 g/mol. The third kappa shape index (κ3) is 8.87. The maximum atomic E-state index is 14.3. The molecule has 0 saturated heterocycles. The maximum Gasteiger partial charge on any atom is 0.472 e. The first kappa shape index (κ1) is 57.1. The van der Waals surface area contributed by atoms with Gasteiger partial charge >= 0.3 is 78.1 Å². The number of hydrogen-bond donors (Lipinski definition) is 1. The number of phosphoric ester groups is 1. The Morgan fingerprint density at radius 1 is 0.424 bits per heavy atom. The van der Waals surface area contributed by atoms with Crippen molar-refractivity contribution in [3.63, 3.8) is 0 Å². The van der Waals surface area contributed by atoms with Crippen LogP contribution in [0.1, 0.15) is 13.8 Å². The van der Waals surface area contributed by atoms with E-state index in [-0.39, 0.29) is 13.8 Å². The van der Waals surface area contributed by atoms with Crippen LogP contribution in [-0.2, 0) is 33.7 Å². The molecule has 0 radical (unpaired) electrons. The monoisotopic (exact) mass is 1000 g/mol. The Morgan fingerprint density at radius 3 is 0.814 bits per heavy atom. The normalized spacial score (nSPS) is 16.4. The van der Waals surface area contributed by atoms with E-state index >= 15 is 0 Å². The number of sulfonamides is 2. The second kappa shape index (κ2) is 16.3. The predicted octanol–water partition coefficient (Wildman–Crippen LogP) is 7.82. The Bertz CT molecular complexity index is 1630. The summed E-state index contributed by atoms with van der Waals surface area (Å²) >= 11 is 0. The molecule has 0 rings (SSSR count). The van der Waals surface area contributed by atoms with Crippen molar-refractivity contribution in [2.24, 2.45) is 0 Å². The minimum Gasteiger partial charge on any atom is -0.302 e. The van der Waals surface area contributed by atoms with Crippen molar-refractivity contribution in [3.05, 3.63) is 0 Å². The van der Waals surface area contributed by atoms with Crippen LogP contribution in [0.25, 0.3) is 0 Å². The van der Waals surface area contributed by atoms with E-state index in [1.807, 2.05) is 0 Å². The largest absolute Gasteiger partial charge is 0.472 e. The first-order valence-corrected chi connectivity index (χ1v) is 18.2. The van der Waals surface area contributed by atoms with Crippen LogP contribution in [0.5, 0.6) is 0 Å². The van der Waals surface area contributed by atoms with Crippen LogP contribution in [0.4, 0.5) is 114 Å². The molecular weight excluding hydrogens is 985 g/mol. The van der Waals surface area contributed by atoms with Crippen LogP contribution < -0.4 is 0 Å². The number of hydrogen-bond acceptors (Lipinski definition) is 7. The van der Waals surface area contributed by atoms with Gasteiger partial charge in [0.25, 0.3) is 20.0 Å². The average Bonchev–Trinajstić information content (AvgIpc) is 3.02. The van der Waals surface area contributed by atoms with Gasteiger partial charge < -0.3 is 4.89 Å². The first-order valence-electron chi connectivity index (χ1n) is 13.9. The highest BCUT2D eigenvalue weighted by atomic mass is 32.2. The van der Waals surface area contributed by atoms with E-state index in [4.69, 9.17) is 0 Å². The van der Waals surface area contributed by atoms with E-state index in [1.54, 1.807) is 0 Å². The lowest BCUT2D eigenvalue weighted by molar-refractivity contribution is -0.433. The van der Waals surface area contributed by atoms with Crippen LogP contribution in [0.15, 0.2) is 0 Å². The highest BCUT2D eigenvalue weighted by molar-refractivity contribution is 7.90. The molecule has 0 heterocycles. The van der Waals surface area contributed by atoms with Crippen molar-refractivity contribution in [2.75, 3.05) is 39.4 Å². The molecule has 356 valence electrons. The molecule has 0 aliphatic carbocycles. The molecule has 10 nitrogen and oxygen atoms in total. The van der Waals surface area contributed by atoms with Crippen molar-refractivity contribution in [1.29, 1.82) is 0 Å². The van der Waals surface area contributed by atoms with Crippen LogP contribution in [0.3, 0.4) is 0 Å². The summed E-state index contributed by atoms with van der Waals surface area (Å²) in [5.74, 6) is -67.6. The van der Waals surface area contributed by atoms with Gasteiger partial charge in [-0.3, -0.25) is 9.05 Å². The number of alkyl halides is 26. The summed E-state index contributed by atoms with van der Waals surface area (Å²) in [4.78, 5) is 9.49. The van der Waals surface area contributed by atoms with E-state index in [2.05, 4.69) is 9.05 Å². The minimum absolute atomic E-state index is 0.267. The third-order valence-corrected chi connectivity index (χ3v) is 12.1. The SMILES string of the molecule is CCN(CCOP(=O)(O)OCCN(CC)S(=O)(=O)C(F)(F)C(F)(F)C(F)(F)C(F)(F)C(F)(F)C(F)(F)F)S(=O)(=O)C(F)(F)C(F)(F)C(F)(F)C(F)(F)C(F)(F)C(F)(F)F. The van der Waals surface area contributed by atoms with E-state index in [1.165, 1.54) is 0 Å². The quantitative estimate of drug-likeness (QED) is 0.0860. The summed E-state index contributed by atoms with van der Waals surface area (Å²) in [5, 5.41) is -15.6. The van der Waals surface area contributed by atoms with Crippen molar-refractivity contribution < 1.29 is 149 Å². The fourth-order valence-electron chi connectivity index (χ4n) is 3.61. The number of rotatable bonds is 22. The third-order valence-electron chi connectivity index (χ3n) is 7.03. The number of halogens is 26. The summed E-state index contributed by atoms with van der Waals surface area (Å²) in [6.07, 6.45) is -15.7. The second-order valence-corrected chi connectivity index (χ2v) is 16.2. The molecule has 0 aliphatic heterocycles. The standard InChI is InChI=1S/C20H19F26N2O8PS2/c1-3-47(58(51,52)19(43,44)15(33,34)11(25,26)9(21,22)13(29,30)17(37,38)39)5-7-55-57(49,50)56-8-6-48(4-2)59(53,54)20(45,46)16(35,36)12(27,28)10(23,24)14(31,32)18(40,41)42/h3-8H2,1-2H3,(H,49,50). The van der Waals surface area contributed by atoms with Gasteiger partial charge in [-0.25, -0.2) is 21.4 Å². The number of likely N-dealkylation sites (N-methyl/N-ethyl adjacent to an activating group) is 2. The van der Waals surface area contributed by atoms with Crippen LogP contribution in [0.2, 0.25) is 0 Å². The Hall–Kier alpha value is -1.89. The molecule has 0 amide bonds. The van der Waals surface area contributed by atoms with Gasteiger partial charge in [0.1, 0.15) is 0 Å². The Balaban J connectivity index is 6.26. The van der Waals surface area contributed by atoms with E-state index in [9.17, 15) is 140 Å². The molecule has 0 bridgehead atoms. The molecule has 0 aromatic heterocycles. The number of nitrogens with zero attached hydrogens (tertiary/aromatic N) is 2. The molecule has 0 fully saturated rings. The van der Waals surface area contributed by atoms with Gasteiger partial charge in [0, 0.05) is 26.2 Å². The van der Waals surface area contributed by atoms with Gasteiger partial charge in [-0.1, -0.05) is 13.8 Å². The molecule has 0 aromatic rings. The van der Waals surface area contributed by atoms with E-state index in [0.29, 0.717) is 0 Å². The summed E-state index contributed by atoms with van der Waals surface area (Å²) in [6.45, 7) is -11.5. The zero-order valence-corrected chi connectivity index (χ0v) is 30.1. The zero-order chi connectivity index (χ0) is 48.3. The zero-order valence-electron chi connectivity index (χ0n) is 27.5. The molecule has 0 spiro atoms. The Morgan fingerprint density at radius 2 is 0.627 bits per heavy atom. The fraction of sp³-hybridized carbons (Fsp3) is 1.00. The van der Waals surface area contributed by atoms with Crippen LogP contribution in [-0.4, -0.2) is 140 Å². The Labute approximate surface area is 310 Å². The van der Waals surface area contributed by atoms with E-state index < -0.39 is 146 Å². The molecule has 0 aliphatic rings. The smallest absolute Gasteiger partial charge is 0.302 e. The molecule has 1 N–H and O–H groups in total. The summed E-state index contributed by atoms with van der Waals surface area (Å²) < 4.78 is 413. The molecule has 59 heavy (non-hydrogen) atoms. The minimum atomic E-state index is -8.60. The van der Waals surface area contributed by atoms with Crippen LogP contribution >= 0.6 is 7.82 Å². The van der Waals surface area contributed by atoms with Crippen molar-refractivity contribution >= 4 is 27.9 Å².